The van der Waals surface area contributed by atoms with E-state index in [0.29, 0.717) is 11.6 Å². The highest BCUT2D eigenvalue weighted by Gasteiger charge is 1.99. The standard InChI is InChI=1S/C15H15NO2S/c1-17-13-6-2-11(3-7-13)10-18-14-8-4-12(5-9-14)15(16)19/h2-9H,10H2,1H3,(H2,16,19). The first-order chi connectivity index (χ1) is 9.19. The Morgan fingerprint density at radius 1 is 1.00 bits per heavy atom. The second-order valence-corrected chi connectivity index (χ2v) is 4.47. The Morgan fingerprint density at radius 2 is 1.58 bits per heavy atom. The number of thiocarbonyl (C=S) groups is 1. The number of hydrogen-bond acceptors (Lipinski definition) is 3. The molecule has 0 aliphatic carbocycles. The molecule has 2 aromatic rings. The van der Waals surface area contributed by atoms with Crippen molar-refractivity contribution in [3.05, 3.63) is 59.7 Å². The van der Waals surface area contributed by atoms with Crippen LogP contribution in [-0.4, -0.2) is 12.1 Å². The van der Waals surface area contributed by atoms with E-state index in [1.54, 1.807) is 7.11 Å². The topological polar surface area (TPSA) is 44.5 Å². The van der Waals surface area contributed by atoms with E-state index >= 15 is 0 Å². The van der Waals surface area contributed by atoms with Crippen LogP contribution in [0.25, 0.3) is 0 Å². The second kappa shape index (κ2) is 6.20. The van der Waals surface area contributed by atoms with Crippen molar-refractivity contribution in [3.63, 3.8) is 0 Å². The van der Waals surface area contributed by atoms with Crippen molar-refractivity contribution in [1.82, 2.24) is 0 Å². The zero-order chi connectivity index (χ0) is 13.7. The summed E-state index contributed by atoms with van der Waals surface area (Å²) >= 11 is 4.90. The second-order valence-electron chi connectivity index (χ2n) is 4.03. The van der Waals surface area contributed by atoms with Gasteiger partial charge in [0.1, 0.15) is 23.1 Å². The van der Waals surface area contributed by atoms with Crippen LogP contribution in [0.5, 0.6) is 11.5 Å². The van der Waals surface area contributed by atoms with Crippen molar-refractivity contribution < 1.29 is 9.47 Å². The summed E-state index contributed by atoms with van der Waals surface area (Å²) < 4.78 is 10.8. The minimum Gasteiger partial charge on any atom is -0.497 e. The zero-order valence-electron chi connectivity index (χ0n) is 10.6. The number of nitrogens with two attached hydrogens (primary N) is 1. The Morgan fingerprint density at radius 3 is 2.11 bits per heavy atom. The minimum atomic E-state index is 0.390. The van der Waals surface area contributed by atoms with Gasteiger partial charge in [0.25, 0.3) is 0 Å². The lowest BCUT2D eigenvalue weighted by Gasteiger charge is -2.07. The first kappa shape index (κ1) is 13.4. The molecule has 0 aliphatic heterocycles. The minimum absolute atomic E-state index is 0.390. The van der Waals surface area contributed by atoms with E-state index in [1.165, 1.54) is 0 Å². The molecule has 2 aromatic carbocycles. The lowest BCUT2D eigenvalue weighted by Crippen LogP contribution is -2.08. The molecule has 2 rings (SSSR count). The summed E-state index contributed by atoms with van der Waals surface area (Å²) in [6.45, 7) is 0.510. The summed E-state index contributed by atoms with van der Waals surface area (Å²) in [5, 5.41) is 0. The van der Waals surface area contributed by atoms with Gasteiger partial charge in [0, 0.05) is 5.56 Å². The highest BCUT2D eigenvalue weighted by molar-refractivity contribution is 7.80. The Labute approximate surface area is 118 Å². The first-order valence-electron chi connectivity index (χ1n) is 5.84. The van der Waals surface area contributed by atoms with Gasteiger partial charge in [-0.15, -0.1) is 0 Å². The zero-order valence-corrected chi connectivity index (χ0v) is 11.4. The van der Waals surface area contributed by atoms with Crippen LogP contribution >= 0.6 is 12.2 Å². The fourth-order valence-electron chi connectivity index (χ4n) is 1.60. The van der Waals surface area contributed by atoms with E-state index < -0.39 is 0 Å². The van der Waals surface area contributed by atoms with E-state index in [4.69, 9.17) is 27.4 Å². The van der Waals surface area contributed by atoms with Gasteiger partial charge >= 0.3 is 0 Å². The van der Waals surface area contributed by atoms with Crippen LogP contribution in [0.4, 0.5) is 0 Å². The largest absolute Gasteiger partial charge is 0.497 e. The van der Waals surface area contributed by atoms with E-state index in [2.05, 4.69) is 0 Å². The van der Waals surface area contributed by atoms with E-state index in [1.807, 2.05) is 48.5 Å². The predicted molar refractivity (Wildman–Crippen MR) is 79.7 cm³/mol. The maximum atomic E-state index is 5.68. The molecule has 0 bridgehead atoms. The van der Waals surface area contributed by atoms with Crippen molar-refractivity contribution in [1.29, 1.82) is 0 Å². The quantitative estimate of drug-likeness (QED) is 0.851. The van der Waals surface area contributed by atoms with Gasteiger partial charge in [-0.2, -0.15) is 0 Å². The molecule has 0 fully saturated rings. The molecule has 0 aliphatic rings. The number of ether oxygens (including phenoxy) is 2. The van der Waals surface area contributed by atoms with Crippen LogP contribution in [0.1, 0.15) is 11.1 Å². The molecule has 0 amide bonds. The van der Waals surface area contributed by atoms with Crippen LogP contribution in [0.3, 0.4) is 0 Å². The maximum Gasteiger partial charge on any atom is 0.119 e. The van der Waals surface area contributed by atoms with E-state index in [9.17, 15) is 0 Å². The molecule has 0 heterocycles. The summed E-state index contributed by atoms with van der Waals surface area (Å²) in [5.74, 6) is 1.63. The van der Waals surface area contributed by atoms with Crippen LogP contribution in [0.15, 0.2) is 48.5 Å². The molecular formula is C15H15NO2S. The van der Waals surface area contributed by atoms with Crippen molar-refractivity contribution >= 4 is 17.2 Å². The molecule has 0 atom stereocenters. The number of benzene rings is 2. The van der Waals surface area contributed by atoms with Gasteiger partial charge in [0.2, 0.25) is 0 Å². The average Bonchev–Trinajstić information content (AvgIpc) is 2.46. The third kappa shape index (κ3) is 3.69. The fourth-order valence-corrected chi connectivity index (χ4v) is 1.74. The van der Waals surface area contributed by atoms with Crippen LogP contribution < -0.4 is 15.2 Å². The molecule has 3 nitrogen and oxygen atoms in total. The van der Waals surface area contributed by atoms with E-state index in [0.717, 1.165) is 22.6 Å². The van der Waals surface area contributed by atoms with Crippen molar-refractivity contribution in [2.75, 3.05) is 7.11 Å². The van der Waals surface area contributed by atoms with Gasteiger partial charge in [-0.3, -0.25) is 0 Å². The van der Waals surface area contributed by atoms with Crippen LogP contribution in [-0.2, 0) is 6.61 Å². The summed E-state index contributed by atoms with van der Waals surface area (Å²) in [4.78, 5) is 0.390. The Hall–Kier alpha value is -2.07. The van der Waals surface area contributed by atoms with Crippen molar-refractivity contribution in [3.8, 4) is 11.5 Å². The van der Waals surface area contributed by atoms with Gasteiger partial charge in [0.15, 0.2) is 0 Å². The lowest BCUT2D eigenvalue weighted by atomic mass is 10.2. The van der Waals surface area contributed by atoms with Gasteiger partial charge in [-0.1, -0.05) is 24.4 Å². The monoisotopic (exact) mass is 273 g/mol. The number of methoxy groups -OCH3 is 1. The highest BCUT2D eigenvalue weighted by atomic mass is 32.1. The molecule has 19 heavy (non-hydrogen) atoms. The predicted octanol–water partition coefficient (Wildman–Crippen LogP) is 2.91. The van der Waals surface area contributed by atoms with Crippen LogP contribution in [0.2, 0.25) is 0 Å². The molecule has 0 spiro atoms. The van der Waals surface area contributed by atoms with Gasteiger partial charge in [0.05, 0.1) is 7.11 Å². The summed E-state index contributed by atoms with van der Waals surface area (Å²) in [6.07, 6.45) is 0. The third-order valence-electron chi connectivity index (χ3n) is 2.70. The lowest BCUT2D eigenvalue weighted by molar-refractivity contribution is 0.306. The number of hydrogen-bond donors (Lipinski definition) is 1. The van der Waals surface area contributed by atoms with Gasteiger partial charge < -0.3 is 15.2 Å². The first-order valence-corrected chi connectivity index (χ1v) is 6.25. The molecule has 0 aromatic heterocycles. The summed E-state index contributed by atoms with van der Waals surface area (Å²) in [7, 11) is 1.65. The molecule has 0 unspecified atom stereocenters. The normalized spacial score (nSPS) is 9.95. The maximum absolute atomic E-state index is 5.68. The molecular weight excluding hydrogens is 258 g/mol. The highest BCUT2D eigenvalue weighted by Crippen LogP contribution is 2.16. The molecule has 0 saturated heterocycles. The molecule has 0 saturated carbocycles. The molecule has 4 heteroatoms. The molecule has 0 radical (unpaired) electrons. The van der Waals surface area contributed by atoms with Crippen molar-refractivity contribution in [2.45, 2.75) is 6.61 Å². The van der Waals surface area contributed by atoms with E-state index in [-0.39, 0.29) is 0 Å². The fraction of sp³-hybridized carbons (Fsp3) is 0.133. The number of rotatable bonds is 5. The third-order valence-corrected chi connectivity index (χ3v) is 2.94. The Balaban J connectivity index is 1.95. The van der Waals surface area contributed by atoms with Crippen molar-refractivity contribution in [2.24, 2.45) is 5.73 Å². The Bertz CT molecular complexity index is 549. The van der Waals surface area contributed by atoms with Gasteiger partial charge in [-0.25, -0.2) is 0 Å². The van der Waals surface area contributed by atoms with Gasteiger partial charge in [-0.05, 0) is 42.0 Å². The Kier molecular flexibility index (Phi) is 4.36. The summed E-state index contributed by atoms with van der Waals surface area (Å²) in [5.41, 5.74) is 7.46. The SMILES string of the molecule is COc1ccc(COc2ccc(C(N)=S)cc2)cc1. The average molecular weight is 273 g/mol. The smallest absolute Gasteiger partial charge is 0.119 e. The molecule has 2 N–H and O–H groups in total. The van der Waals surface area contributed by atoms with Crippen LogP contribution in [0, 0.1) is 0 Å². The molecule has 98 valence electrons. The summed E-state index contributed by atoms with van der Waals surface area (Å²) in [6, 6.07) is 15.2.